The van der Waals surface area contributed by atoms with Crippen molar-refractivity contribution in [3.8, 4) is 21.6 Å². The zero-order chi connectivity index (χ0) is 24.1. The Bertz CT molecular complexity index is 1300. The first-order chi connectivity index (χ1) is 16.4. The van der Waals surface area contributed by atoms with Gasteiger partial charge in [-0.2, -0.15) is 5.10 Å². The van der Waals surface area contributed by atoms with Gasteiger partial charge in [-0.05, 0) is 71.3 Å². The molecule has 8 heteroatoms. The molecule has 0 fully saturated rings. The molecule has 0 aliphatic heterocycles. The topological polar surface area (TPSA) is 102 Å². The van der Waals surface area contributed by atoms with Gasteiger partial charge in [0.25, 0.3) is 5.91 Å². The van der Waals surface area contributed by atoms with Crippen LogP contribution >= 0.6 is 11.3 Å². The lowest BCUT2D eigenvalue weighted by Crippen LogP contribution is -2.30. The Morgan fingerprint density at radius 2 is 1.88 bits per heavy atom. The first kappa shape index (κ1) is 23.4. The molecule has 0 saturated heterocycles. The molecular weight excluding hydrogens is 446 g/mol. The minimum Gasteiger partial charge on any atom is -0.346 e. The average Bonchev–Trinajstić information content (AvgIpc) is 3.54. The summed E-state index contributed by atoms with van der Waals surface area (Å²) in [4.78, 5) is 25.9. The number of nitrogens with one attached hydrogen (secondary N) is 2. The van der Waals surface area contributed by atoms with E-state index >= 15 is 0 Å². The summed E-state index contributed by atoms with van der Waals surface area (Å²) in [6.07, 6.45) is 4.47. The minimum absolute atomic E-state index is 0.180. The molecule has 4 rings (SSSR count). The van der Waals surface area contributed by atoms with E-state index in [4.69, 9.17) is 5.84 Å². The molecular formula is C26H27N5O2S. The number of hydrogen-bond donors (Lipinski definition) is 3. The SMILES string of the molecule is C[C@@H](NC(=O)c1ccccc1CCC(=O)NN)c1cc(-c2cnn(C)c2)cc(-c2cccs2)c1. The molecule has 4 N–H and O–H groups in total. The molecule has 0 radical (unpaired) electrons. The van der Waals surface area contributed by atoms with Gasteiger partial charge in [0.15, 0.2) is 0 Å². The van der Waals surface area contributed by atoms with E-state index in [1.165, 1.54) is 0 Å². The molecule has 0 aliphatic carbocycles. The van der Waals surface area contributed by atoms with Crippen molar-refractivity contribution in [3.05, 3.63) is 89.1 Å². The second-order valence-corrected chi connectivity index (χ2v) is 9.09. The summed E-state index contributed by atoms with van der Waals surface area (Å²) in [6.45, 7) is 1.98. The number of nitrogens with zero attached hydrogens (tertiary/aromatic N) is 2. The lowest BCUT2D eigenvalue weighted by Gasteiger charge is -2.18. The Balaban J connectivity index is 1.61. The highest BCUT2D eigenvalue weighted by Crippen LogP contribution is 2.32. The molecule has 174 valence electrons. The van der Waals surface area contributed by atoms with Gasteiger partial charge in [-0.3, -0.25) is 19.7 Å². The van der Waals surface area contributed by atoms with E-state index in [0.717, 1.165) is 32.7 Å². The highest BCUT2D eigenvalue weighted by Gasteiger charge is 2.17. The number of hydrazine groups is 1. The molecule has 0 saturated carbocycles. The Hall–Kier alpha value is -3.75. The van der Waals surface area contributed by atoms with Crippen molar-refractivity contribution in [3.63, 3.8) is 0 Å². The molecule has 2 amide bonds. The highest BCUT2D eigenvalue weighted by molar-refractivity contribution is 7.13. The molecule has 0 unspecified atom stereocenters. The molecule has 0 aliphatic rings. The van der Waals surface area contributed by atoms with Gasteiger partial charge in [-0.25, -0.2) is 5.84 Å². The molecule has 0 spiro atoms. The van der Waals surface area contributed by atoms with E-state index in [1.807, 2.05) is 50.6 Å². The number of aryl methyl sites for hydroxylation is 2. The van der Waals surface area contributed by atoms with Crippen LogP contribution < -0.4 is 16.6 Å². The lowest BCUT2D eigenvalue weighted by atomic mass is 9.97. The largest absolute Gasteiger partial charge is 0.346 e. The van der Waals surface area contributed by atoms with Gasteiger partial charge in [-0.1, -0.05) is 24.3 Å². The van der Waals surface area contributed by atoms with Crippen molar-refractivity contribution in [2.24, 2.45) is 12.9 Å². The summed E-state index contributed by atoms with van der Waals surface area (Å²) in [7, 11) is 1.89. The predicted molar refractivity (Wildman–Crippen MR) is 135 cm³/mol. The third kappa shape index (κ3) is 5.41. The Morgan fingerprint density at radius 3 is 2.59 bits per heavy atom. The molecule has 2 heterocycles. The number of nitrogens with two attached hydrogens (primary N) is 1. The summed E-state index contributed by atoms with van der Waals surface area (Å²) in [5.74, 6) is 4.74. The lowest BCUT2D eigenvalue weighted by molar-refractivity contribution is -0.121. The smallest absolute Gasteiger partial charge is 0.252 e. The monoisotopic (exact) mass is 473 g/mol. The maximum Gasteiger partial charge on any atom is 0.252 e. The number of carbonyl (C=O) groups excluding carboxylic acids is 2. The van der Waals surface area contributed by atoms with Crippen LogP contribution in [-0.2, 0) is 18.3 Å². The molecule has 34 heavy (non-hydrogen) atoms. The molecule has 7 nitrogen and oxygen atoms in total. The van der Waals surface area contributed by atoms with Crippen molar-refractivity contribution < 1.29 is 9.59 Å². The maximum absolute atomic E-state index is 13.2. The molecule has 4 aromatic rings. The summed E-state index contributed by atoms with van der Waals surface area (Å²) in [5.41, 5.74) is 7.65. The number of rotatable bonds is 8. The van der Waals surface area contributed by atoms with Gasteiger partial charge >= 0.3 is 0 Å². The van der Waals surface area contributed by atoms with Crippen LogP contribution in [0, 0.1) is 0 Å². The predicted octanol–water partition coefficient (Wildman–Crippen LogP) is 4.23. The molecule has 0 bridgehead atoms. The van der Waals surface area contributed by atoms with Crippen LogP contribution in [0.5, 0.6) is 0 Å². The second-order valence-electron chi connectivity index (χ2n) is 8.14. The van der Waals surface area contributed by atoms with Gasteiger partial charge in [0, 0.05) is 35.7 Å². The standard InChI is InChI=1S/C26H27N5O2S/c1-17(29-26(33)23-7-4-3-6-18(23)9-10-25(32)30-27)19-12-20(22-15-28-31(2)16-22)14-21(13-19)24-8-5-11-34-24/h3-8,11-17H,9-10,27H2,1-2H3,(H,29,33)(H,30,32)/t17-/m1/s1. The maximum atomic E-state index is 13.2. The van der Waals surface area contributed by atoms with Crippen LogP contribution in [0.15, 0.2) is 72.4 Å². The van der Waals surface area contributed by atoms with Crippen LogP contribution in [0.1, 0.15) is 40.9 Å². The first-order valence-electron chi connectivity index (χ1n) is 11.0. The zero-order valence-electron chi connectivity index (χ0n) is 19.1. The van der Waals surface area contributed by atoms with E-state index in [1.54, 1.807) is 22.1 Å². The van der Waals surface area contributed by atoms with E-state index in [2.05, 4.69) is 45.5 Å². The first-order valence-corrected chi connectivity index (χ1v) is 11.9. The van der Waals surface area contributed by atoms with Gasteiger partial charge in [0.1, 0.15) is 0 Å². The second kappa shape index (κ2) is 10.5. The number of hydrogen-bond acceptors (Lipinski definition) is 5. The van der Waals surface area contributed by atoms with Gasteiger partial charge < -0.3 is 5.32 Å². The number of amides is 2. The van der Waals surface area contributed by atoms with Crippen molar-refractivity contribution >= 4 is 23.2 Å². The van der Waals surface area contributed by atoms with Crippen LogP contribution in [0.25, 0.3) is 21.6 Å². The third-order valence-corrected chi connectivity index (χ3v) is 6.61. The van der Waals surface area contributed by atoms with Crippen molar-refractivity contribution in [1.29, 1.82) is 0 Å². The summed E-state index contributed by atoms with van der Waals surface area (Å²) in [5, 5.41) is 9.49. The third-order valence-electron chi connectivity index (χ3n) is 5.69. The normalized spacial score (nSPS) is 11.7. The highest BCUT2D eigenvalue weighted by atomic mass is 32.1. The van der Waals surface area contributed by atoms with Crippen LogP contribution in [0.2, 0.25) is 0 Å². The van der Waals surface area contributed by atoms with Crippen molar-refractivity contribution in [2.75, 3.05) is 0 Å². The fourth-order valence-electron chi connectivity index (χ4n) is 3.86. The summed E-state index contributed by atoms with van der Waals surface area (Å²) in [6, 6.07) is 17.6. The Labute approximate surface area is 202 Å². The Kier molecular flexibility index (Phi) is 7.20. The van der Waals surface area contributed by atoms with E-state index < -0.39 is 0 Å². The van der Waals surface area contributed by atoms with Gasteiger partial charge in [-0.15, -0.1) is 11.3 Å². The van der Waals surface area contributed by atoms with Gasteiger partial charge in [0.05, 0.1) is 12.2 Å². The van der Waals surface area contributed by atoms with Gasteiger partial charge in [0.2, 0.25) is 5.91 Å². The summed E-state index contributed by atoms with van der Waals surface area (Å²) >= 11 is 1.68. The molecule has 1 atom stereocenters. The quantitative estimate of drug-likeness (QED) is 0.202. The fraction of sp³-hybridized carbons (Fsp3) is 0.192. The number of thiophene rings is 1. The van der Waals surface area contributed by atoms with E-state index in [-0.39, 0.29) is 24.3 Å². The van der Waals surface area contributed by atoms with Crippen LogP contribution in [0.3, 0.4) is 0 Å². The van der Waals surface area contributed by atoms with Crippen molar-refractivity contribution in [1.82, 2.24) is 20.5 Å². The molecule has 2 aromatic carbocycles. The zero-order valence-corrected chi connectivity index (χ0v) is 19.9. The van der Waals surface area contributed by atoms with Crippen LogP contribution in [-0.4, -0.2) is 21.6 Å². The van der Waals surface area contributed by atoms with Crippen LogP contribution in [0.4, 0.5) is 0 Å². The summed E-state index contributed by atoms with van der Waals surface area (Å²) < 4.78 is 1.78. The fourth-order valence-corrected chi connectivity index (χ4v) is 4.58. The minimum atomic E-state index is -0.267. The number of benzene rings is 2. The van der Waals surface area contributed by atoms with E-state index in [0.29, 0.717) is 12.0 Å². The number of carbonyl (C=O) groups is 2. The average molecular weight is 474 g/mol. The Morgan fingerprint density at radius 1 is 1.09 bits per heavy atom. The molecule has 2 aromatic heterocycles. The van der Waals surface area contributed by atoms with E-state index in [9.17, 15) is 9.59 Å². The number of aromatic nitrogens is 2. The van der Waals surface area contributed by atoms with Crippen molar-refractivity contribution in [2.45, 2.75) is 25.8 Å².